The molecule has 0 saturated carbocycles. The molecule has 1 aromatic carbocycles. The molecule has 0 aliphatic carbocycles. The fourth-order valence-corrected chi connectivity index (χ4v) is 1.40. The third kappa shape index (κ3) is 4.80. The Bertz CT molecular complexity index is 451. The number of nitrogens with one attached hydrogen (secondary N) is 1. The van der Waals surface area contributed by atoms with Gasteiger partial charge in [-0.2, -0.15) is 0 Å². The van der Waals surface area contributed by atoms with Crippen LogP contribution in [0.4, 0.5) is 10.1 Å². The van der Waals surface area contributed by atoms with Gasteiger partial charge in [-0.05, 0) is 19.5 Å². The first-order valence-electron chi connectivity index (χ1n) is 5.85. The second-order valence-corrected chi connectivity index (χ2v) is 4.44. The summed E-state index contributed by atoms with van der Waals surface area (Å²) in [4.78, 5) is 9.76. The lowest BCUT2D eigenvalue weighted by Gasteiger charge is -2.23. The molecule has 0 saturated heterocycles. The van der Waals surface area contributed by atoms with Crippen LogP contribution in [-0.2, 0) is 0 Å². The lowest BCUT2D eigenvalue weighted by molar-refractivity contribution is -0.385. The lowest BCUT2D eigenvalue weighted by atomic mass is 10.1. The summed E-state index contributed by atoms with van der Waals surface area (Å²) in [7, 11) is 0. The average molecular weight is 272 g/mol. The minimum absolute atomic E-state index is 0.116. The van der Waals surface area contributed by atoms with Gasteiger partial charge in [0.1, 0.15) is 12.2 Å². The Kier molecular flexibility index (Phi) is 5.20. The Morgan fingerprint density at radius 3 is 2.79 bits per heavy atom. The van der Waals surface area contributed by atoms with E-state index in [9.17, 15) is 19.6 Å². The van der Waals surface area contributed by atoms with Gasteiger partial charge >= 0.3 is 0 Å². The number of non-ortho nitro benzene ring substituents is 1. The molecule has 0 bridgehead atoms. The van der Waals surface area contributed by atoms with Gasteiger partial charge in [-0.25, -0.2) is 4.39 Å². The summed E-state index contributed by atoms with van der Waals surface area (Å²) in [6.07, 6.45) is 0. The second-order valence-electron chi connectivity index (χ2n) is 4.44. The highest BCUT2D eigenvalue weighted by atomic mass is 19.1. The summed E-state index contributed by atoms with van der Waals surface area (Å²) in [5.74, 6) is -0.948. The number of ether oxygens (including phenoxy) is 1. The number of nitrogens with zero attached hydrogens (tertiary/aromatic N) is 1. The summed E-state index contributed by atoms with van der Waals surface area (Å²) >= 11 is 0. The van der Waals surface area contributed by atoms with Crippen molar-refractivity contribution in [1.82, 2.24) is 5.32 Å². The number of nitro groups is 1. The maximum atomic E-state index is 13.5. The van der Waals surface area contributed by atoms with Crippen molar-refractivity contribution in [2.24, 2.45) is 0 Å². The fourth-order valence-electron chi connectivity index (χ4n) is 1.40. The smallest absolute Gasteiger partial charge is 0.272 e. The molecule has 106 valence electrons. The van der Waals surface area contributed by atoms with E-state index in [-0.39, 0.29) is 18.0 Å². The maximum Gasteiger partial charge on any atom is 0.272 e. The summed E-state index contributed by atoms with van der Waals surface area (Å²) < 4.78 is 18.7. The van der Waals surface area contributed by atoms with Crippen LogP contribution in [0, 0.1) is 15.9 Å². The summed E-state index contributed by atoms with van der Waals surface area (Å²) in [6, 6.07) is 3.11. The molecule has 1 unspecified atom stereocenters. The van der Waals surface area contributed by atoms with E-state index >= 15 is 0 Å². The minimum atomic E-state index is -1.15. The molecule has 0 aromatic heterocycles. The number of benzene rings is 1. The first-order valence-corrected chi connectivity index (χ1v) is 5.85. The average Bonchev–Trinajstić information content (AvgIpc) is 2.35. The molecule has 19 heavy (non-hydrogen) atoms. The number of likely N-dealkylation sites (N-methyl/N-ethyl adjacent to an activating group) is 1. The quantitative estimate of drug-likeness (QED) is 0.580. The molecule has 6 nitrogen and oxygen atoms in total. The number of nitro benzene ring substituents is 1. The molecule has 0 fully saturated rings. The van der Waals surface area contributed by atoms with Crippen molar-refractivity contribution in [2.75, 3.05) is 19.7 Å². The molecule has 0 spiro atoms. The standard InChI is InChI=1S/C12H17FN2O4/c1-3-14-7-12(2,16)8-19-11-5-4-9(15(17)18)6-10(11)13/h4-6,14,16H,3,7-8H2,1-2H3. The van der Waals surface area contributed by atoms with E-state index < -0.39 is 16.3 Å². The Morgan fingerprint density at radius 2 is 2.26 bits per heavy atom. The van der Waals surface area contributed by atoms with E-state index in [1.54, 1.807) is 6.92 Å². The van der Waals surface area contributed by atoms with Gasteiger partial charge in [0, 0.05) is 12.6 Å². The van der Waals surface area contributed by atoms with E-state index in [4.69, 9.17) is 4.74 Å². The molecular formula is C12H17FN2O4. The highest BCUT2D eigenvalue weighted by Gasteiger charge is 2.22. The zero-order chi connectivity index (χ0) is 14.5. The van der Waals surface area contributed by atoms with Crippen LogP contribution in [0.25, 0.3) is 0 Å². The van der Waals surface area contributed by atoms with Crippen molar-refractivity contribution in [2.45, 2.75) is 19.4 Å². The van der Waals surface area contributed by atoms with Gasteiger partial charge < -0.3 is 15.2 Å². The van der Waals surface area contributed by atoms with E-state index in [1.165, 1.54) is 6.07 Å². The Balaban J connectivity index is 2.65. The van der Waals surface area contributed by atoms with Crippen LogP contribution in [0.3, 0.4) is 0 Å². The van der Waals surface area contributed by atoms with Gasteiger partial charge in [0.2, 0.25) is 0 Å². The Hall–Kier alpha value is -1.73. The number of halogens is 1. The normalized spacial score (nSPS) is 13.9. The van der Waals surface area contributed by atoms with Crippen molar-refractivity contribution in [1.29, 1.82) is 0 Å². The number of aliphatic hydroxyl groups is 1. The van der Waals surface area contributed by atoms with Crippen LogP contribution in [0.2, 0.25) is 0 Å². The van der Waals surface area contributed by atoms with Crippen LogP contribution >= 0.6 is 0 Å². The largest absolute Gasteiger partial charge is 0.487 e. The first kappa shape index (κ1) is 15.3. The van der Waals surface area contributed by atoms with Crippen molar-refractivity contribution in [3.8, 4) is 5.75 Å². The van der Waals surface area contributed by atoms with Gasteiger partial charge in [0.05, 0.1) is 11.0 Å². The molecule has 1 rings (SSSR count). The molecule has 0 radical (unpaired) electrons. The zero-order valence-corrected chi connectivity index (χ0v) is 10.9. The maximum absolute atomic E-state index is 13.5. The van der Waals surface area contributed by atoms with Gasteiger partial charge in [-0.1, -0.05) is 6.92 Å². The van der Waals surface area contributed by atoms with E-state index in [0.717, 1.165) is 12.1 Å². The van der Waals surface area contributed by atoms with Crippen LogP contribution in [0.1, 0.15) is 13.8 Å². The highest BCUT2D eigenvalue weighted by Crippen LogP contribution is 2.23. The van der Waals surface area contributed by atoms with Crippen LogP contribution in [-0.4, -0.2) is 35.3 Å². The molecule has 0 amide bonds. The van der Waals surface area contributed by atoms with Crippen molar-refractivity contribution < 1.29 is 19.2 Å². The molecular weight excluding hydrogens is 255 g/mol. The highest BCUT2D eigenvalue weighted by molar-refractivity contribution is 5.37. The number of hydrogen-bond donors (Lipinski definition) is 2. The van der Waals surface area contributed by atoms with Crippen LogP contribution in [0.15, 0.2) is 18.2 Å². The third-order valence-corrected chi connectivity index (χ3v) is 2.42. The zero-order valence-electron chi connectivity index (χ0n) is 10.9. The Morgan fingerprint density at radius 1 is 1.58 bits per heavy atom. The van der Waals surface area contributed by atoms with E-state index in [2.05, 4.69) is 5.32 Å². The molecule has 2 N–H and O–H groups in total. The van der Waals surface area contributed by atoms with Gasteiger partial charge in [0.25, 0.3) is 5.69 Å². The molecule has 0 aliphatic rings. The van der Waals surface area contributed by atoms with Gasteiger partial charge in [-0.15, -0.1) is 0 Å². The van der Waals surface area contributed by atoms with Gasteiger partial charge in [-0.3, -0.25) is 10.1 Å². The van der Waals surface area contributed by atoms with Crippen molar-refractivity contribution in [3.05, 3.63) is 34.1 Å². The number of rotatable bonds is 7. The molecule has 0 heterocycles. The SMILES string of the molecule is CCNCC(C)(O)COc1ccc([N+](=O)[O-])cc1F. The summed E-state index contributed by atoms with van der Waals surface area (Å²) in [5, 5.41) is 23.3. The fraction of sp³-hybridized carbons (Fsp3) is 0.500. The first-order chi connectivity index (χ1) is 8.85. The van der Waals surface area contributed by atoms with Crippen molar-refractivity contribution in [3.63, 3.8) is 0 Å². The third-order valence-electron chi connectivity index (χ3n) is 2.42. The van der Waals surface area contributed by atoms with Gasteiger partial charge in [0.15, 0.2) is 11.6 Å². The minimum Gasteiger partial charge on any atom is -0.487 e. The predicted molar refractivity (Wildman–Crippen MR) is 67.7 cm³/mol. The molecule has 1 aromatic rings. The summed E-state index contributed by atoms with van der Waals surface area (Å²) in [5.41, 5.74) is -1.49. The Labute approximate surface area is 110 Å². The second kappa shape index (κ2) is 6.44. The van der Waals surface area contributed by atoms with E-state index in [1.807, 2.05) is 6.92 Å². The topological polar surface area (TPSA) is 84.6 Å². The van der Waals surface area contributed by atoms with Crippen LogP contribution < -0.4 is 10.1 Å². The van der Waals surface area contributed by atoms with Crippen molar-refractivity contribution >= 4 is 5.69 Å². The predicted octanol–water partition coefficient (Wildman–Crippen LogP) is 1.47. The monoisotopic (exact) mass is 272 g/mol. The lowest BCUT2D eigenvalue weighted by Crippen LogP contribution is -2.42. The molecule has 7 heteroatoms. The summed E-state index contributed by atoms with van der Waals surface area (Å²) in [6.45, 7) is 4.33. The molecule has 1 atom stereocenters. The number of hydrogen-bond acceptors (Lipinski definition) is 5. The van der Waals surface area contributed by atoms with E-state index in [0.29, 0.717) is 13.1 Å². The molecule has 0 aliphatic heterocycles. The van der Waals surface area contributed by atoms with Crippen LogP contribution in [0.5, 0.6) is 5.75 Å².